The molecular formula is C19H11Cl2N5O2. The van der Waals surface area contributed by atoms with Gasteiger partial charge in [0.25, 0.3) is 5.91 Å². The number of amides is 1. The Bertz CT molecular complexity index is 1240. The van der Waals surface area contributed by atoms with Crippen molar-refractivity contribution in [1.82, 2.24) is 19.5 Å². The molecule has 1 amide bonds. The molecule has 4 rings (SSSR count). The summed E-state index contributed by atoms with van der Waals surface area (Å²) in [5, 5.41) is 3.22. The number of halogens is 2. The number of nitrogens with one attached hydrogen (secondary N) is 1. The van der Waals surface area contributed by atoms with Crippen LogP contribution in [0.5, 0.6) is 0 Å². The van der Waals surface area contributed by atoms with Crippen LogP contribution < -0.4 is 10.7 Å². The lowest BCUT2D eigenvalue weighted by atomic mass is 10.1. The fourth-order valence-corrected chi connectivity index (χ4v) is 3.19. The minimum Gasteiger partial charge on any atom is -0.319 e. The van der Waals surface area contributed by atoms with Crippen molar-refractivity contribution in [1.29, 1.82) is 0 Å². The number of carbonyl (C=O) groups excluding carboxylic acids is 1. The van der Waals surface area contributed by atoms with Gasteiger partial charge in [0.15, 0.2) is 0 Å². The Morgan fingerprint density at radius 3 is 2.43 bits per heavy atom. The maximum absolute atomic E-state index is 12.9. The van der Waals surface area contributed by atoms with Crippen LogP contribution in [0.4, 0.5) is 5.69 Å². The zero-order chi connectivity index (χ0) is 19.7. The van der Waals surface area contributed by atoms with Crippen LogP contribution in [-0.2, 0) is 0 Å². The van der Waals surface area contributed by atoms with Crippen LogP contribution in [0.15, 0.2) is 66.2 Å². The largest absolute Gasteiger partial charge is 0.319 e. The third kappa shape index (κ3) is 3.21. The number of rotatable bonds is 3. The lowest BCUT2D eigenvalue weighted by Crippen LogP contribution is -2.24. The van der Waals surface area contributed by atoms with E-state index in [0.29, 0.717) is 16.7 Å². The second kappa shape index (κ2) is 7.38. The Kier molecular flexibility index (Phi) is 4.77. The molecule has 0 aliphatic heterocycles. The molecule has 1 N–H and O–H groups in total. The van der Waals surface area contributed by atoms with E-state index in [0.717, 1.165) is 0 Å². The van der Waals surface area contributed by atoms with E-state index in [2.05, 4.69) is 20.3 Å². The quantitative estimate of drug-likeness (QED) is 0.554. The molecule has 0 saturated heterocycles. The van der Waals surface area contributed by atoms with Crippen molar-refractivity contribution in [2.24, 2.45) is 0 Å². The van der Waals surface area contributed by atoms with E-state index < -0.39 is 11.3 Å². The first-order chi connectivity index (χ1) is 13.6. The zero-order valence-corrected chi connectivity index (χ0v) is 15.6. The molecule has 4 aromatic rings. The van der Waals surface area contributed by atoms with Crippen molar-refractivity contribution in [2.75, 3.05) is 5.32 Å². The Morgan fingerprint density at radius 2 is 1.71 bits per heavy atom. The fraction of sp³-hybridized carbons (Fsp3) is 0. The Labute approximate surface area is 168 Å². The number of hydrogen-bond acceptors (Lipinski definition) is 5. The summed E-state index contributed by atoms with van der Waals surface area (Å²) >= 11 is 12.1. The third-order valence-corrected chi connectivity index (χ3v) is 4.61. The first-order valence-electron chi connectivity index (χ1n) is 8.07. The fourth-order valence-electron chi connectivity index (χ4n) is 2.73. The second-order valence-corrected chi connectivity index (χ2v) is 6.57. The van der Waals surface area contributed by atoms with E-state index >= 15 is 0 Å². The summed E-state index contributed by atoms with van der Waals surface area (Å²) in [7, 11) is 0. The first kappa shape index (κ1) is 18.1. The molecule has 138 valence electrons. The van der Waals surface area contributed by atoms with Crippen LogP contribution >= 0.6 is 23.2 Å². The van der Waals surface area contributed by atoms with Gasteiger partial charge in [-0.25, -0.2) is 4.98 Å². The highest BCUT2D eigenvalue weighted by Gasteiger charge is 2.19. The van der Waals surface area contributed by atoms with Gasteiger partial charge in [0.1, 0.15) is 11.2 Å². The van der Waals surface area contributed by atoms with Crippen LogP contribution in [-0.4, -0.2) is 25.4 Å². The molecule has 7 nitrogen and oxygen atoms in total. The van der Waals surface area contributed by atoms with Crippen LogP contribution in [0, 0.1) is 0 Å². The number of fused-ring (bicyclic) bond motifs is 1. The van der Waals surface area contributed by atoms with Crippen molar-refractivity contribution < 1.29 is 4.79 Å². The van der Waals surface area contributed by atoms with Gasteiger partial charge in [-0.3, -0.25) is 19.6 Å². The highest BCUT2D eigenvalue weighted by molar-refractivity contribution is 6.39. The molecule has 0 aromatic carbocycles. The Morgan fingerprint density at radius 1 is 1.00 bits per heavy atom. The number of pyridine rings is 4. The lowest BCUT2D eigenvalue weighted by Gasteiger charge is -2.13. The molecule has 0 atom stereocenters. The van der Waals surface area contributed by atoms with E-state index in [1.807, 2.05) is 0 Å². The van der Waals surface area contributed by atoms with Crippen molar-refractivity contribution in [3.05, 3.63) is 87.3 Å². The predicted molar refractivity (Wildman–Crippen MR) is 107 cm³/mol. The van der Waals surface area contributed by atoms with E-state index in [9.17, 15) is 9.59 Å². The van der Waals surface area contributed by atoms with Gasteiger partial charge in [-0.15, -0.1) is 0 Å². The van der Waals surface area contributed by atoms with Crippen LogP contribution in [0.3, 0.4) is 0 Å². The first-order valence-corrected chi connectivity index (χ1v) is 8.83. The minimum atomic E-state index is -0.645. The Hall–Kier alpha value is -3.29. The zero-order valence-electron chi connectivity index (χ0n) is 14.1. The van der Waals surface area contributed by atoms with Crippen LogP contribution in [0.25, 0.3) is 16.7 Å². The minimum absolute atomic E-state index is 0.0822. The maximum atomic E-state index is 12.9. The van der Waals surface area contributed by atoms with Gasteiger partial charge in [-0.1, -0.05) is 23.2 Å². The van der Waals surface area contributed by atoms with Gasteiger partial charge < -0.3 is 9.88 Å². The maximum Gasteiger partial charge on any atom is 0.261 e. The van der Waals surface area contributed by atoms with Crippen molar-refractivity contribution in [3.8, 4) is 5.69 Å². The van der Waals surface area contributed by atoms with E-state index in [4.69, 9.17) is 23.2 Å². The summed E-state index contributed by atoms with van der Waals surface area (Å²) < 4.78 is 1.66. The van der Waals surface area contributed by atoms with Crippen molar-refractivity contribution in [2.45, 2.75) is 0 Å². The Balaban J connectivity index is 1.89. The second-order valence-electron chi connectivity index (χ2n) is 5.75. The molecule has 0 fully saturated rings. The molecule has 0 saturated carbocycles. The summed E-state index contributed by atoms with van der Waals surface area (Å²) in [5.41, 5.74) is 0.779. The van der Waals surface area contributed by atoms with E-state index in [-0.39, 0.29) is 21.3 Å². The highest BCUT2D eigenvalue weighted by Crippen LogP contribution is 2.29. The molecule has 0 spiro atoms. The molecule has 0 bridgehead atoms. The topological polar surface area (TPSA) is 89.8 Å². The SMILES string of the molecule is O=C(Nc1c(Cl)cncc1Cl)c1cn(-c2ccncc2)c2ncccc2c1=O. The van der Waals surface area contributed by atoms with Gasteiger partial charge in [0.05, 0.1) is 26.8 Å². The number of nitrogens with zero attached hydrogens (tertiary/aromatic N) is 4. The van der Waals surface area contributed by atoms with Gasteiger partial charge in [-0.05, 0) is 24.3 Å². The molecular weight excluding hydrogens is 401 g/mol. The standard InChI is InChI=1S/C19H11Cl2N5O2/c20-14-8-23-9-15(21)16(14)25-19(28)13-10-26(11-3-6-22-7-4-11)18-12(17(13)27)2-1-5-24-18/h1-10H,(H,23,25,28). The summed E-state index contributed by atoms with van der Waals surface area (Å²) in [4.78, 5) is 37.9. The smallest absolute Gasteiger partial charge is 0.261 e. The average Bonchev–Trinajstić information content (AvgIpc) is 2.72. The summed E-state index contributed by atoms with van der Waals surface area (Å²) in [5.74, 6) is -0.645. The molecule has 0 aliphatic carbocycles. The molecule has 4 aromatic heterocycles. The van der Waals surface area contributed by atoms with Gasteiger partial charge in [0.2, 0.25) is 5.43 Å². The summed E-state index contributed by atoms with van der Waals surface area (Å²) in [6, 6.07) is 6.75. The van der Waals surface area contributed by atoms with Gasteiger partial charge in [0, 0.05) is 37.2 Å². The predicted octanol–water partition coefficient (Wildman–Crippen LogP) is 3.73. The number of carbonyl (C=O) groups is 1. The van der Waals surface area contributed by atoms with Crippen molar-refractivity contribution in [3.63, 3.8) is 0 Å². The van der Waals surface area contributed by atoms with Gasteiger partial charge in [-0.2, -0.15) is 0 Å². The molecule has 0 unspecified atom stereocenters. The van der Waals surface area contributed by atoms with Gasteiger partial charge >= 0.3 is 0 Å². The lowest BCUT2D eigenvalue weighted by molar-refractivity contribution is 0.102. The van der Waals surface area contributed by atoms with E-state index in [1.54, 1.807) is 47.4 Å². The van der Waals surface area contributed by atoms with E-state index in [1.165, 1.54) is 18.6 Å². The molecule has 9 heteroatoms. The number of anilines is 1. The molecule has 0 aliphatic rings. The van der Waals surface area contributed by atoms with Crippen molar-refractivity contribution >= 4 is 45.8 Å². The van der Waals surface area contributed by atoms with Crippen LogP contribution in [0.1, 0.15) is 10.4 Å². The normalized spacial score (nSPS) is 10.8. The summed E-state index contributed by atoms with van der Waals surface area (Å²) in [6.07, 6.45) is 8.93. The third-order valence-electron chi connectivity index (χ3n) is 4.04. The number of aromatic nitrogens is 4. The highest BCUT2D eigenvalue weighted by atomic mass is 35.5. The average molecular weight is 412 g/mol. The monoisotopic (exact) mass is 411 g/mol. The number of hydrogen-bond donors (Lipinski definition) is 1. The summed E-state index contributed by atoms with van der Waals surface area (Å²) in [6.45, 7) is 0. The molecule has 28 heavy (non-hydrogen) atoms. The molecule has 0 radical (unpaired) electrons. The molecule has 4 heterocycles. The van der Waals surface area contributed by atoms with Crippen LogP contribution in [0.2, 0.25) is 10.0 Å².